The predicted octanol–water partition coefficient (Wildman–Crippen LogP) is 2.21. The molecule has 21 heavy (non-hydrogen) atoms. The lowest BCUT2D eigenvalue weighted by Gasteiger charge is -2.20. The Morgan fingerprint density at radius 1 is 1.24 bits per heavy atom. The lowest BCUT2D eigenvalue weighted by molar-refractivity contribution is 0.312. The van der Waals surface area contributed by atoms with Crippen LogP contribution in [-0.2, 0) is 12.8 Å². The number of benzene rings is 1. The van der Waals surface area contributed by atoms with Crippen LogP contribution in [0.1, 0.15) is 30.1 Å². The van der Waals surface area contributed by atoms with E-state index in [9.17, 15) is 0 Å². The SMILES string of the molecule is COc1ccc(Cc2noc(CC3CCNCC3)n2)cc1. The lowest BCUT2D eigenvalue weighted by atomic mass is 9.95. The van der Waals surface area contributed by atoms with Gasteiger partial charge in [0.05, 0.1) is 7.11 Å². The number of piperidine rings is 1. The average molecular weight is 287 g/mol. The number of hydrogen-bond donors (Lipinski definition) is 1. The summed E-state index contributed by atoms with van der Waals surface area (Å²) in [5, 5.41) is 7.46. The van der Waals surface area contributed by atoms with Gasteiger partial charge in [0.1, 0.15) is 5.75 Å². The first-order valence-corrected chi connectivity index (χ1v) is 7.48. The summed E-state index contributed by atoms with van der Waals surface area (Å²) in [6, 6.07) is 7.96. The first kappa shape index (κ1) is 14.1. The molecule has 1 fully saturated rings. The van der Waals surface area contributed by atoms with E-state index in [0.29, 0.717) is 12.3 Å². The summed E-state index contributed by atoms with van der Waals surface area (Å²) < 4.78 is 10.5. The highest BCUT2D eigenvalue weighted by molar-refractivity contribution is 5.28. The fourth-order valence-corrected chi connectivity index (χ4v) is 2.70. The smallest absolute Gasteiger partial charge is 0.226 e. The largest absolute Gasteiger partial charge is 0.497 e. The van der Waals surface area contributed by atoms with Gasteiger partial charge in [0, 0.05) is 12.8 Å². The maximum absolute atomic E-state index is 5.38. The van der Waals surface area contributed by atoms with Crippen LogP contribution in [-0.4, -0.2) is 30.3 Å². The molecule has 2 aromatic rings. The molecule has 0 bridgehead atoms. The van der Waals surface area contributed by atoms with Crippen LogP contribution in [0.2, 0.25) is 0 Å². The van der Waals surface area contributed by atoms with Gasteiger partial charge in [0.15, 0.2) is 5.82 Å². The van der Waals surface area contributed by atoms with E-state index in [0.717, 1.165) is 42.5 Å². The number of aromatic nitrogens is 2. The summed E-state index contributed by atoms with van der Waals surface area (Å²) in [5.41, 5.74) is 1.16. The van der Waals surface area contributed by atoms with Gasteiger partial charge in [0.25, 0.3) is 0 Å². The topological polar surface area (TPSA) is 60.2 Å². The molecule has 0 spiro atoms. The van der Waals surface area contributed by atoms with E-state index < -0.39 is 0 Å². The van der Waals surface area contributed by atoms with Crippen LogP contribution in [0, 0.1) is 5.92 Å². The third kappa shape index (κ3) is 3.82. The number of methoxy groups -OCH3 is 1. The van der Waals surface area contributed by atoms with E-state index in [4.69, 9.17) is 9.26 Å². The quantitative estimate of drug-likeness (QED) is 0.913. The molecule has 5 nitrogen and oxygen atoms in total. The predicted molar refractivity (Wildman–Crippen MR) is 79.4 cm³/mol. The summed E-state index contributed by atoms with van der Waals surface area (Å²) in [7, 11) is 1.67. The third-order valence-electron chi connectivity index (χ3n) is 3.95. The molecule has 1 saturated heterocycles. The molecule has 1 aliphatic rings. The highest BCUT2D eigenvalue weighted by Gasteiger charge is 2.17. The maximum atomic E-state index is 5.38. The lowest BCUT2D eigenvalue weighted by Crippen LogP contribution is -2.28. The standard InChI is InChI=1S/C16H21N3O2/c1-20-14-4-2-12(3-5-14)10-15-18-16(21-19-15)11-13-6-8-17-9-7-13/h2-5,13,17H,6-11H2,1H3. The molecule has 1 aromatic carbocycles. The second-order valence-corrected chi connectivity index (χ2v) is 5.53. The van der Waals surface area contributed by atoms with E-state index >= 15 is 0 Å². The number of nitrogens with one attached hydrogen (secondary N) is 1. The Hall–Kier alpha value is -1.88. The molecule has 3 rings (SSSR count). The van der Waals surface area contributed by atoms with Crippen molar-refractivity contribution in [3.63, 3.8) is 0 Å². The van der Waals surface area contributed by atoms with Gasteiger partial charge in [-0.25, -0.2) is 0 Å². The third-order valence-corrected chi connectivity index (χ3v) is 3.95. The highest BCUT2D eigenvalue weighted by Crippen LogP contribution is 2.18. The number of ether oxygens (including phenoxy) is 1. The number of nitrogens with zero attached hydrogens (tertiary/aromatic N) is 2. The van der Waals surface area contributed by atoms with Crippen LogP contribution >= 0.6 is 0 Å². The molecule has 1 aliphatic heterocycles. The molecule has 1 N–H and O–H groups in total. The van der Waals surface area contributed by atoms with Crippen molar-refractivity contribution in [2.45, 2.75) is 25.7 Å². The molecule has 0 unspecified atom stereocenters. The van der Waals surface area contributed by atoms with Crippen LogP contribution in [0.3, 0.4) is 0 Å². The number of rotatable bonds is 5. The van der Waals surface area contributed by atoms with Crippen LogP contribution in [0.4, 0.5) is 0 Å². The molecule has 0 amide bonds. The summed E-state index contributed by atoms with van der Waals surface area (Å²) in [6.45, 7) is 2.19. The average Bonchev–Trinajstić information content (AvgIpc) is 2.96. The van der Waals surface area contributed by atoms with Crippen molar-refractivity contribution in [2.24, 2.45) is 5.92 Å². The minimum absolute atomic E-state index is 0.667. The van der Waals surface area contributed by atoms with Gasteiger partial charge in [-0.3, -0.25) is 0 Å². The Bertz CT molecular complexity index is 559. The van der Waals surface area contributed by atoms with Crippen molar-refractivity contribution in [2.75, 3.05) is 20.2 Å². The van der Waals surface area contributed by atoms with Crippen molar-refractivity contribution < 1.29 is 9.26 Å². The zero-order valence-corrected chi connectivity index (χ0v) is 12.3. The zero-order valence-electron chi connectivity index (χ0n) is 12.3. The minimum Gasteiger partial charge on any atom is -0.497 e. The monoisotopic (exact) mass is 287 g/mol. The van der Waals surface area contributed by atoms with Crippen molar-refractivity contribution >= 4 is 0 Å². The molecule has 0 radical (unpaired) electrons. The van der Waals surface area contributed by atoms with Gasteiger partial charge in [-0.05, 0) is 49.5 Å². The first-order chi connectivity index (χ1) is 10.3. The van der Waals surface area contributed by atoms with Crippen molar-refractivity contribution in [3.05, 3.63) is 41.5 Å². The van der Waals surface area contributed by atoms with E-state index in [-0.39, 0.29) is 0 Å². The van der Waals surface area contributed by atoms with E-state index in [1.54, 1.807) is 7.11 Å². The Morgan fingerprint density at radius 3 is 2.71 bits per heavy atom. The van der Waals surface area contributed by atoms with Crippen LogP contribution in [0.15, 0.2) is 28.8 Å². The molecule has 1 aromatic heterocycles. The molecule has 0 atom stereocenters. The summed E-state index contributed by atoms with van der Waals surface area (Å²) in [6.07, 6.45) is 3.98. The van der Waals surface area contributed by atoms with Gasteiger partial charge in [-0.2, -0.15) is 4.98 Å². The van der Waals surface area contributed by atoms with Gasteiger partial charge in [-0.15, -0.1) is 0 Å². The molecule has 0 saturated carbocycles. The Morgan fingerprint density at radius 2 is 2.00 bits per heavy atom. The van der Waals surface area contributed by atoms with E-state index in [1.807, 2.05) is 24.3 Å². The molecule has 0 aliphatic carbocycles. The minimum atomic E-state index is 0.667. The van der Waals surface area contributed by atoms with Crippen molar-refractivity contribution in [3.8, 4) is 5.75 Å². The van der Waals surface area contributed by atoms with E-state index in [2.05, 4.69) is 15.5 Å². The normalized spacial score (nSPS) is 16.0. The first-order valence-electron chi connectivity index (χ1n) is 7.48. The van der Waals surface area contributed by atoms with Crippen molar-refractivity contribution in [1.82, 2.24) is 15.5 Å². The van der Waals surface area contributed by atoms with Crippen molar-refractivity contribution in [1.29, 1.82) is 0 Å². The Labute approximate surface area is 124 Å². The molecule has 5 heteroatoms. The number of hydrogen-bond acceptors (Lipinski definition) is 5. The molecular formula is C16H21N3O2. The molecular weight excluding hydrogens is 266 g/mol. The fourth-order valence-electron chi connectivity index (χ4n) is 2.70. The van der Waals surface area contributed by atoms with Crippen LogP contribution in [0.5, 0.6) is 5.75 Å². The molecule has 112 valence electrons. The van der Waals surface area contributed by atoms with Crippen LogP contribution < -0.4 is 10.1 Å². The van der Waals surface area contributed by atoms with Crippen LogP contribution in [0.25, 0.3) is 0 Å². The Balaban J connectivity index is 1.58. The summed E-state index contributed by atoms with van der Waals surface area (Å²) in [5.74, 6) is 3.05. The molecule has 2 heterocycles. The second-order valence-electron chi connectivity index (χ2n) is 5.53. The van der Waals surface area contributed by atoms with Gasteiger partial charge < -0.3 is 14.6 Å². The zero-order chi connectivity index (χ0) is 14.5. The maximum Gasteiger partial charge on any atom is 0.226 e. The summed E-state index contributed by atoms with van der Waals surface area (Å²) in [4.78, 5) is 4.51. The van der Waals surface area contributed by atoms with Gasteiger partial charge >= 0.3 is 0 Å². The van der Waals surface area contributed by atoms with E-state index in [1.165, 1.54) is 12.8 Å². The second kappa shape index (κ2) is 6.72. The fraction of sp³-hybridized carbons (Fsp3) is 0.500. The van der Waals surface area contributed by atoms with Gasteiger partial charge in [0.2, 0.25) is 5.89 Å². The Kier molecular flexibility index (Phi) is 4.50. The summed E-state index contributed by atoms with van der Waals surface area (Å²) >= 11 is 0. The highest BCUT2D eigenvalue weighted by atomic mass is 16.5. The van der Waals surface area contributed by atoms with Gasteiger partial charge in [-0.1, -0.05) is 17.3 Å².